The van der Waals surface area contributed by atoms with Crippen LogP contribution in [-0.4, -0.2) is 28.4 Å². The van der Waals surface area contributed by atoms with Gasteiger partial charge in [-0.3, -0.25) is 0 Å². The Balaban J connectivity index is 1.87. The summed E-state index contributed by atoms with van der Waals surface area (Å²) in [6.45, 7) is 7.87. The molecule has 4 heteroatoms. The molecule has 0 radical (unpaired) electrons. The van der Waals surface area contributed by atoms with Crippen molar-refractivity contribution in [3.63, 3.8) is 0 Å². The van der Waals surface area contributed by atoms with Gasteiger partial charge in [-0.15, -0.1) is 0 Å². The van der Waals surface area contributed by atoms with Crippen molar-refractivity contribution in [1.29, 1.82) is 0 Å². The first-order valence-corrected chi connectivity index (χ1v) is 8.91. The van der Waals surface area contributed by atoms with Crippen molar-refractivity contribution in [2.24, 2.45) is 0 Å². The lowest BCUT2D eigenvalue weighted by Gasteiger charge is -2.20. The van der Waals surface area contributed by atoms with Gasteiger partial charge in [0.1, 0.15) is 5.76 Å². The van der Waals surface area contributed by atoms with E-state index in [1.165, 1.54) is 5.57 Å². The molecule has 132 valence electrons. The van der Waals surface area contributed by atoms with E-state index in [0.29, 0.717) is 17.8 Å². The number of esters is 1. The molecule has 3 rings (SSSR count). The number of allylic oxidation sites excluding steroid dienone is 3. The van der Waals surface area contributed by atoms with E-state index in [-0.39, 0.29) is 17.7 Å². The van der Waals surface area contributed by atoms with E-state index in [4.69, 9.17) is 9.47 Å². The van der Waals surface area contributed by atoms with Crippen LogP contribution in [0.25, 0.3) is 0 Å². The third kappa shape index (κ3) is 3.65. The van der Waals surface area contributed by atoms with Crippen molar-refractivity contribution in [2.75, 3.05) is 0 Å². The lowest BCUT2D eigenvalue weighted by molar-refractivity contribution is -0.133. The lowest BCUT2D eigenvalue weighted by atomic mass is 9.90. The van der Waals surface area contributed by atoms with E-state index in [1.54, 1.807) is 19.9 Å². The van der Waals surface area contributed by atoms with Gasteiger partial charge in [0, 0.05) is 11.1 Å². The number of rotatable bonds is 0. The van der Waals surface area contributed by atoms with Crippen LogP contribution in [0.3, 0.4) is 0 Å². The first-order valence-electron chi connectivity index (χ1n) is 8.91. The van der Waals surface area contributed by atoms with Crippen molar-refractivity contribution in [3.8, 4) is 0 Å². The Morgan fingerprint density at radius 1 is 1.21 bits per heavy atom. The third-order valence-corrected chi connectivity index (χ3v) is 5.55. The molecule has 0 amide bonds. The Bertz CT molecular complexity index is 638. The minimum atomic E-state index is -1.01. The summed E-state index contributed by atoms with van der Waals surface area (Å²) >= 11 is 0. The average molecular weight is 332 g/mol. The number of hydrogen-bond donors (Lipinski definition) is 1. The van der Waals surface area contributed by atoms with Crippen LogP contribution in [0.15, 0.2) is 34.6 Å². The summed E-state index contributed by atoms with van der Waals surface area (Å²) in [5.74, 6) is 0.239. The highest BCUT2D eigenvalue weighted by Gasteiger charge is 2.51. The summed E-state index contributed by atoms with van der Waals surface area (Å²) in [6.07, 6.45) is 9.28. The molecule has 4 nitrogen and oxygen atoms in total. The lowest BCUT2D eigenvalue weighted by Crippen LogP contribution is -2.23. The molecule has 2 heterocycles. The molecular formula is C20H28O4. The van der Waals surface area contributed by atoms with Crippen LogP contribution < -0.4 is 0 Å². The second-order valence-electron chi connectivity index (χ2n) is 7.91. The number of fused-ring (bicyclic) bond motifs is 2. The molecule has 0 unspecified atom stereocenters. The van der Waals surface area contributed by atoms with Crippen molar-refractivity contribution in [2.45, 2.75) is 83.5 Å². The van der Waals surface area contributed by atoms with E-state index in [1.807, 2.05) is 0 Å². The van der Waals surface area contributed by atoms with Gasteiger partial charge in [-0.25, -0.2) is 4.79 Å². The number of aliphatic hydroxyl groups is 1. The maximum absolute atomic E-state index is 11.9. The minimum absolute atomic E-state index is 0.0500. The maximum Gasteiger partial charge on any atom is 0.339 e. The molecule has 0 saturated carbocycles. The molecule has 0 aromatic rings. The van der Waals surface area contributed by atoms with Crippen LogP contribution in [0.2, 0.25) is 0 Å². The average Bonchev–Trinajstić information content (AvgIpc) is 3.06. The van der Waals surface area contributed by atoms with Gasteiger partial charge in [-0.2, -0.15) is 0 Å². The molecule has 2 aliphatic heterocycles. The molecule has 1 saturated heterocycles. The molecular weight excluding hydrogens is 304 g/mol. The predicted molar refractivity (Wildman–Crippen MR) is 92.2 cm³/mol. The molecule has 0 aromatic carbocycles. The highest BCUT2D eigenvalue weighted by molar-refractivity contribution is 5.93. The van der Waals surface area contributed by atoms with Gasteiger partial charge in [-0.05, 0) is 72.3 Å². The molecule has 1 fully saturated rings. The van der Waals surface area contributed by atoms with Crippen LogP contribution in [-0.2, 0) is 14.3 Å². The Labute approximate surface area is 144 Å². The summed E-state index contributed by atoms with van der Waals surface area (Å²) in [7, 11) is 0. The van der Waals surface area contributed by atoms with Gasteiger partial charge in [0.15, 0.2) is 0 Å². The van der Waals surface area contributed by atoms with Crippen LogP contribution >= 0.6 is 0 Å². The summed E-state index contributed by atoms with van der Waals surface area (Å²) < 4.78 is 11.3. The smallest absolute Gasteiger partial charge is 0.339 e. The Morgan fingerprint density at radius 2 is 1.96 bits per heavy atom. The second kappa shape index (κ2) is 6.16. The fourth-order valence-electron chi connectivity index (χ4n) is 3.66. The zero-order valence-electron chi connectivity index (χ0n) is 15.1. The predicted octanol–water partition coefficient (Wildman–Crippen LogP) is 3.95. The zero-order valence-corrected chi connectivity index (χ0v) is 15.1. The van der Waals surface area contributed by atoms with Gasteiger partial charge in [-0.1, -0.05) is 11.6 Å². The first kappa shape index (κ1) is 17.4. The Hall–Kier alpha value is -1.39. The SMILES string of the molecule is CC1=C2CC/C(C)=C/CC[C@]3(C)O[C@H]3CC[C@@](C)(O)/C=C\2OC1=O. The van der Waals surface area contributed by atoms with Crippen LogP contribution in [0.5, 0.6) is 0 Å². The summed E-state index contributed by atoms with van der Waals surface area (Å²) in [5.41, 5.74) is 1.85. The minimum Gasteiger partial charge on any atom is -0.423 e. The molecule has 1 N–H and O–H groups in total. The molecule has 3 aliphatic rings. The highest BCUT2D eigenvalue weighted by atomic mass is 16.6. The molecule has 0 aromatic heterocycles. The first-order chi connectivity index (χ1) is 11.2. The van der Waals surface area contributed by atoms with E-state index in [0.717, 1.165) is 37.7 Å². The van der Waals surface area contributed by atoms with Gasteiger partial charge < -0.3 is 14.6 Å². The van der Waals surface area contributed by atoms with E-state index in [9.17, 15) is 9.90 Å². The largest absolute Gasteiger partial charge is 0.423 e. The van der Waals surface area contributed by atoms with E-state index in [2.05, 4.69) is 19.9 Å². The molecule has 0 bridgehead atoms. The van der Waals surface area contributed by atoms with Gasteiger partial charge in [0.25, 0.3) is 0 Å². The van der Waals surface area contributed by atoms with Crippen molar-refractivity contribution < 1.29 is 19.4 Å². The fourth-order valence-corrected chi connectivity index (χ4v) is 3.66. The number of ether oxygens (including phenoxy) is 2. The van der Waals surface area contributed by atoms with Gasteiger partial charge in [0.05, 0.1) is 17.3 Å². The zero-order chi connectivity index (χ0) is 17.5. The summed E-state index contributed by atoms with van der Waals surface area (Å²) in [6, 6.07) is 0. The molecule has 1 aliphatic carbocycles. The topological polar surface area (TPSA) is 59.1 Å². The second-order valence-corrected chi connectivity index (χ2v) is 7.91. The number of carbonyl (C=O) groups excluding carboxylic acids is 1. The van der Waals surface area contributed by atoms with E-state index < -0.39 is 5.60 Å². The van der Waals surface area contributed by atoms with Crippen LogP contribution in [0.4, 0.5) is 0 Å². The van der Waals surface area contributed by atoms with Crippen LogP contribution in [0.1, 0.15) is 66.2 Å². The molecule has 0 spiro atoms. The molecule has 24 heavy (non-hydrogen) atoms. The standard InChI is InChI=1S/C20H28O4/c1-13-6-5-10-20(4)17(24-20)9-11-19(3,22)12-16-15(8-7-13)14(2)18(21)23-16/h6,12,17,22H,5,7-11H2,1-4H3/b13-6+,16-12+/t17-,19+,20-/m0/s1. The summed E-state index contributed by atoms with van der Waals surface area (Å²) in [5, 5.41) is 10.7. The third-order valence-electron chi connectivity index (χ3n) is 5.55. The van der Waals surface area contributed by atoms with Crippen molar-refractivity contribution in [3.05, 3.63) is 34.6 Å². The van der Waals surface area contributed by atoms with Crippen LogP contribution in [0, 0.1) is 0 Å². The highest BCUT2D eigenvalue weighted by Crippen LogP contribution is 2.44. The van der Waals surface area contributed by atoms with Gasteiger partial charge in [0.2, 0.25) is 0 Å². The maximum atomic E-state index is 11.9. The Kier molecular flexibility index (Phi) is 4.47. The normalized spacial score (nSPS) is 42.0. The fraction of sp³-hybridized carbons (Fsp3) is 0.650. The van der Waals surface area contributed by atoms with Crippen molar-refractivity contribution in [1.82, 2.24) is 0 Å². The van der Waals surface area contributed by atoms with Gasteiger partial charge >= 0.3 is 5.97 Å². The molecule has 3 atom stereocenters. The van der Waals surface area contributed by atoms with E-state index >= 15 is 0 Å². The summed E-state index contributed by atoms with van der Waals surface area (Å²) in [4.78, 5) is 11.9. The number of epoxide rings is 1. The quantitative estimate of drug-likeness (QED) is 0.414. The number of hydrogen-bond acceptors (Lipinski definition) is 4. The monoisotopic (exact) mass is 332 g/mol. The van der Waals surface area contributed by atoms with Crippen molar-refractivity contribution >= 4 is 5.97 Å². The Morgan fingerprint density at radius 3 is 2.71 bits per heavy atom. The number of carbonyl (C=O) groups is 1.